The first kappa shape index (κ1) is 11.9. The molecule has 0 spiro atoms. The van der Waals surface area contributed by atoms with Gasteiger partial charge < -0.3 is 4.79 Å². The van der Waals surface area contributed by atoms with Crippen molar-refractivity contribution >= 4 is 6.29 Å². The van der Waals surface area contributed by atoms with Crippen LogP contribution in [0.4, 0.5) is 17.6 Å². The molecule has 0 bridgehead atoms. The zero-order valence-electron chi connectivity index (χ0n) is 7.85. The van der Waals surface area contributed by atoms with E-state index in [1.54, 1.807) is 0 Å². The summed E-state index contributed by atoms with van der Waals surface area (Å²) in [5.41, 5.74) is -0.769. The minimum Gasteiger partial charge on any atom is -0.303 e. The summed E-state index contributed by atoms with van der Waals surface area (Å²) >= 11 is 0. The Morgan fingerprint density at radius 1 is 1.47 bits per heavy atom. The molecule has 1 rings (SSSR count). The van der Waals surface area contributed by atoms with Crippen LogP contribution in [0.3, 0.4) is 0 Å². The Morgan fingerprint density at radius 2 is 2.13 bits per heavy atom. The highest BCUT2D eigenvalue weighted by atomic mass is 19.4. The number of carbonyl (C=O) groups is 1. The summed E-state index contributed by atoms with van der Waals surface area (Å²) in [4.78, 5) is 10.0. The summed E-state index contributed by atoms with van der Waals surface area (Å²) in [6, 6.07) is 0. The summed E-state index contributed by atoms with van der Waals surface area (Å²) in [5.74, 6) is 0. The first-order valence-corrected chi connectivity index (χ1v) is 4.50. The number of aldehydes is 1. The largest absolute Gasteiger partial charge is 0.416 e. The summed E-state index contributed by atoms with van der Waals surface area (Å²) in [7, 11) is 0. The van der Waals surface area contributed by atoms with Crippen molar-refractivity contribution in [1.82, 2.24) is 0 Å². The van der Waals surface area contributed by atoms with Crippen molar-refractivity contribution in [3.63, 3.8) is 0 Å². The van der Waals surface area contributed by atoms with Crippen molar-refractivity contribution in [1.29, 1.82) is 0 Å². The Kier molecular flexibility index (Phi) is 3.66. The van der Waals surface area contributed by atoms with Crippen LogP contribution in [0.15, 0.2) is 23.3 Å². The normalized spacial score (nSPS) is 22.0. The molecular weight excluding hydrogens is 212 g/mol. The van der Waals surface area contributed by atoms with Gasteiger partial charge in [0.2, 0.25) is 0 Å². The van der Waals surface area contributed by atoms with E-state index in [-0.39, 0.29) is 24.8 Å². The van der Waals surface area contributed by atoms with Gasteiger partial charge in [-0.2, -0.15) is 13.2 Å². The van der Waals surface area contributed by atoms with Crippen molar-refractivity contribution in [3.05, 3.63) is 23.3 Å². The molecule has 0 aromatic rings. The fourth-order valence-corrected chi connectivity index (χ4v) is 1.38. The van der Waals surface area contributed by atoms with Crippen LogP contribution in [0.25, 0.3) is 0 Å². The van der Waals surface area contributed by atoms with Gasteiger partial charge in [-0.15, -0.1) is 0 Å². The molecule has 0 heterocycles. The predicted molar refractivity (Wildman–Crippen MR) is 47.0 cm³/mol. The molecule has 0 radical (unpaired) electrons. The third kappa shape index (κ3) is 3.18. The molecule has 5 heteroatoms. The highest BCUT2D eigenvalue weighted by Crippen LogP contribution is 2.33. The van der Waals surface area contributed by atoms with E-state index in [1.165, 1.54) is 0 Å². The minimum atomic E-state index is -4.44. The zero-order valence-corrected chi connectivity index (χ0v) is 7.85. The predicted octanol–water partition coefficient (Wildman–Crippen LogP) is 3.12. The van der Waals surface area contributed by atoms with E-state index in [0.717, 1.165) is 12.2 Å². The van der Waals surface area contributed by atoms with Gasteiger partial charge in [0.15, 0.2) is 0 Å². The van der Waals surface area contributed by atoms with Gasteiger partial charge >= 0.3 is 6.18 Å². The highest BCUT2D eigenvalue weighted by Gasteiger charge is 2.34. The zero-order chi connectivity index (χ0) is 11.5. The molecule has 15 heavy (non-hydrogen) atoms. The summed E-state index contributed by atoms with van der Waals surface area (Å²) < 4.78 is 49.9. The minimum absolute atomic E-state index is 0.0527. The van der Waals surface area contributed by atoms with Crippen LogP contribution in [0.1, 0.15) is 19.3 Å². The third-order valence-corrected chi connectivity index (χ3v) is 2.17. The van der Waals surface area contributed by atoms with Crippen LogP contribution in [0.2, 0.25) is 0 Å². The van der Waals surface area contributed by atoms with Crippen molar-refractivity contribution in [2.24, 2.45) is 0 Å². The molecule has 0 saturated heterocycles. The molecule has 0 aromatic heterocycles. The molecule has 84 valence electrons. The van der Waals surface area contributed by atoms with Crippen molar-refractivity contribution in [2.75, 3.05) is 0 Å². The number of allylic oxidation sites excluding steroid dienone is 4. The number of rotatable bonds is 3. The Hall–Kier alpha value is -1.13. The lowest BCUT2D eigenvalue weighted by molar-refractivity contribution is -0.107. The SMILES string of the molecule is O=CCCC1=CC(C(F)(F)F)=CCC1F. The average Bonchev–Trinajstić information content (AvgIpc) is 2.15. The van der Waals surface area contributed by atoms with E-state index in [0.29, 0.717) is 6.29 Å². The first-order chi connectivity index (χ1) is 6.95. The van der Waals surface area contributed by atoms with E-state index in [2.05, 4.69) is 0 Å². The molecule has 0 fully saturated rings. The van der Waals surface area contributed by atoms with Crippen molar-refractivity contribution in [3.8, 4) is 0 Å². The Bertz CT molecular complexity index is 301. The third-order valence-electron chi connectivity index (χ3n) is 2.17. The molecule has 1 atom stereocenters. The average molecular weight is 222 g/mol. The van der Waals surface area contributed by atoms with Gasteiger partial charge in [0, 0.05) is 12.8 Å². The van der Waals surface area contributed by atoms with Gasteiger partial charge in [-0.1, -0.05) is 6.08 Å². The maximum Gasteiger partial charge on any atom is 0.416 e. The van der Waals surface area contributed by atoms with Gasteiger partial charge in [0.05, 0.1) is 5.57 Å². The lowest BCUT2D eigenvalue weighted by Gasteiger charge is -2.18. The second kappa shape index (κ2) is 4.59. The van der Waals surface area contributed by atoms with Gasteiger partial charge in [-0.05, 0) is 18.1 Å². The van der Waals surface area contributed by atoms with Gasteiger partial charge in [0.25, 0.3) is 0 Å². The van der Waals surface area contributed by atoms with E-state index in [9.17, 15) is 22.4 Å². The molecular formula is C10H10F4O. The number of carbonyl (C=O) groups excluding carboxylic acids is 1. The van der Waals surface area contributed by atoms with Crippen molar-refractivity contribution in [2.45, 2.75) is 31.6 Å². The molecule has 1 aliphatic carbocycles. The molecule has 0 N–H and O–H groups in total. The summed E-state index contributed by atoms with van der Waals surface area (Å²) in [5, 5.41) is 0. The van der Waals surface area contributed by atoms with Crippen LogP contribution >= 0.6 is 0 Å². The number of hydrogen-bond donors (Lipinski definition) is 0. The van der Waals surface area contributed by atoms with E-state index < -0.39 is 17.9 Å². The van der Waals surface area contributed by atoms with Gasteiger partial charge in [0.1, 0.15) is 12.5 Å². The van der Waals surface area contributed by atoms with Crippen molar-refractivity contribution < 1.29 is 22.4 Å². The van der Waals surface area contributed by atoms with E-state index in [1.807, 2.05) is 0 Å². The topological polar surface area (TPSA) is 17.1 Å². The molecule has 1 nitrogen and oxygen atoms in total. The quantitative estimate of drug-likeness (QED) is 0.529. The van der Waals surface area contributed by atoms with Crippen LogP contribution in [0, 0.1) is 0 Å². The Labute approximate surface area is 84.5 Å². The van der Waals surface area contributed by atoms with Crippen LogP contribution < -0.4 is 0 Å². The number of alkyl halides is 4. The smallest absolute Gasteiger partial charge is 0.303 e. The van der Waals surface area contributed by atoms with Crippen LogP contribution in [0.5, 0.6) is 0 Å². The molecule has 1 unspecified atom stereocenters. The molecule has 0 aromatic carbocycles. The van der Waals surface area contributed by atoms with Gasteiger partial charge in [-0.3, -0.25) is 0 Å². The monoisotopic (exact) mass is 222 g/mol. The Morgan fingerprint density at radius 3 is 2.67 bits per heavy atom. The Balaban J connectivity index is 2.79. The lowest BCUT2D eigenvalue weighted by Crippen LogP contribution is -2.17. The fraction of sp³-hybridized carbons (Fsp3) is 0.500. The first-order valence-electron chi connectivity index (χ1n) is 4.50. The highest BCUT2D eigenvalue weighted by molar-refractivity contribution is 5.50. The maximum atomic E-state index is 13.1. The standard InChI is InChI=1S/C10H10F4O/c11-9-4-3-8(10(12,13)14)6-7(9)2-1-5-15/h3,5-6,9H,1-2,4H2. The van der Waals surface area contributed by atoms with Gasteiger partial charge in [-0.25, -0.2) is 4.39 Å². The molecule has 1 aliphatic rings. The van der Waals surface area contributed by atoms with E-state index >= 15 is 0 Å². The summed E-state index contributed by atoms with van der Waals surface area (Å²) in [6.45, 7) is 0. The van der Waals surface area contributed by atoms with Crippen LogP contribution in [-0.4, -0.2) is 18.6 Å². The second-order valence-electron chi connectivity index (χ2n) is 3.29. The van der Waals surface area contributed by atoms with Crippen LogP contribution in [-0.2, 0) is 4.79 Å². The summed E-state index contributed by atoms with van der Waals surface area (Å²) in [6.07, 6.45) is -3.77. The molecule has 0 saturated carbocycles. The maximum absolute atomic E-state index is 13.1. The second-order valence-corrected chi connectivity index (χ2v) is 3.29. The lowest BCUT2D eigenvalue weighted by atomic mass is 9.94. The molecule has 0 aliphatic heterocycles. The number of halogens is 4. The number of hydrogen-bond acceptors (Lipinski definition) is 1. The fourth-order valence-electron chi connectivity index (χ4n) is 1.38. The van der Waals surface area contributed by atoms with E-state index in [4.69, 9.17) is 0 Å². The molecule has 0 amide bonds.